The van der Waals surface area contributed by atoms with Gasteiger partial charge in [-0.05, 0) is 6.42 Å². The summed E-state index contributed by atoms with van der Waals surface area (Å²) in [6.07, 6.45) is 3.88. The van der Waals surface area contributed by atoms with Gasteiger partial charge in [0.2, 0.25) is 5.95 Å². The minimum absolute atomic E-state index is 0.262. The molecule has 0 saturated carbocycles. The molecule has 2 rings (SSSR count). The van der Waals surface area contributed by atoms with Crippen LogP contribution in [0.3, 0.4) is 0 Å². The van der Waals surface area contributed by atoms with Gasteiger partial charge in [-0.3, -0.25) is 0 Å². The van der Waals surface area contributed by atoms with Gasteiger partial charge in [-0.2, -0.15) is 9.97 Å². The number of hydrogen-bond donors (Lipinski definition) is 2. The first kappa shape index (κ1) is 10.7. The van der Waals surface area contributed by atoms with Crippen LogP contribution in [0.2, 0.25) is 0 Å². The van der Waals surface area contributed by atoms with Gasteiger partial charge in [0.05, 0.1) is 6.33 Å². The molecule has 86 valence electrons. The van der Waals surface area contributed by atoms with Crippen LogP contribution in [0.4, 0.5) is 11.8 Å². The fourth-order valence-corrected chi connectivity index (χ4v) is 1.61. The van der Waals surface area contributed by atoms with Crippen LogP contribution < -0.4 is 10.6 Å². The van der Waals surface area contributed by atoms with Crippen molar-refractivity contribution in [3.05, 3.63) is 6.33 Å². The second-order valence-corrected chi connectivity index (χ2v) is 3.78. The SMILES string of the molecule is CCCCN(C)c1nc(N)nc2nc[nH]c12. The molecule has 16 heavy (non-hydrogen) atoms. The fraction of sp³-hybridized carbons (Fsp3) is 0.500. The Labute approximate surface area is 93.9 Å². The van der Waals surface area contributed by atoms with E-state index in [0.29, 0.717) is 5.65 Å². The van der Waals surface area contributed by atoms with Gasteiger partial charge in [-0.1, -0.05) is 13.3 Å². The molecule has 2 aromatic rings. The molecule has 0 spiro atoms. The quantitative estimate of drug-likeness (QED) is 0.808. The number of nitrogens with zero attached hydrogens (tertiary/aromatic N) is 4. The largest absolute Gasteiger partial charge is 0.368 e. The van der Waals surface area contributed by atoms with Crippen LogP contribution in [0.15, 0.2) is 6.33 Å². The highest BCUT2D eigenvalue weighted by Crippen LogP contribution is 2.20. The highest BCUT2D eigenvalue weighted by Gasteiger charge is 2.11. The number of H-pyrrole nitrogens is 1. The van der Waals surface area contributed by atoms with E-state index >= 15 is 0 Å². The first-order chi connectivity index (χ1) is 7.72. The van der Waals surface area contributed by atoms with Crippen LogP contribution in [0, 0.1) is 0 Å². The molecule has 0 amide bonds. The van der Waals surface area contributed by atoms with Gasteiger partial charge >= 0.3 is 0 Å². The number of aromatic amines is 1. The molecule has 6 heteroatoms. The molecule has 0 aromatic carbocycles. The van der Waals surface area contributed by atoms with Crippen molar-refractivity contribution in [2.24, 2.45) is 0 Å². The summed E-state index contributed by atoms with van der Waals surface area (Å²) in [5.41, 5.74) is 7.10. The molecule has 0 saturated heterocycles. The molecule has 2 aromatic heterocycles. The van der Waals surface area contributed by atoms with Crippen molar-refractivity contribution in [2.45, 2.75) is 19.8 Å². The summed E-state index contributed by atoms with van der Waals surface area (Å²) in [5, 5.41) is 0. The Morgan fingerprint density at radius 3 is 3.00 bits per heavy atom. The smallest absolute Gasteiger partial charge is 0.224 e. The van der Waals surface area contributed by atoms with Crippen LogP contribution in [-0.2, 0) is 0 Å². The van der Waals surface area contributed by atoms with E-state index in [2.05, 4.69) is 31.8 Å². The van der Waals surface area contributed by atoms with E-state index in [1.807, 2.05) is 7.05 Å². The van der Waals surface area contributed by atoms with Crippen molar-refractivity contribution < 1.29 is 0 Å². The number of nitrogen functional groups attached to an aromatic ring is 1. The number of unbranched alkanes of at least 4 members (excludes halogenated alkanes) is 1. The van der Waals surface area contributed by atoms with E-state index in [-0.39, 0.29) is 5.95 Å². The molecule has 0 atom stereocenters. The second-order valence-electron chi connectivity index (χ2n) is 3.78. The van der Waals surface area contributed by atoms with E-state index in [9.17, 15) is 0 Å². The standard InChI is InChI=1S/C10H16N6/c1-3-4-5-16(2)9-7-8(13-6-12-7)14-10(11)15-9/h6H,3-5H2,1-2H3,(H3,11,12,13,14,15). The summed E-state index contributed by atoms with van der Waals surface area (Å²) >= 11 is 0. The summed E-state index contributed by atoms with van der Waals surface area (Å²) < 4.78 is 0. The third-order valence-corrected chi connectivity index (χ3v) is 2.49. The number of nitrogens with one attached hydrogen (secondary N) is 1. The van der Waals surface area contributed by atoms with E-state index in [1.165, 1.54) is 0 Å². The van der Waals surface area contributed by atoms with Crippen LogP contribution in [-0.4, -0.2) is 33.5 Å². The monoisotopic (exact) mass is 220 g/mol. The average molecular weight is 220 g/mol. The Morgan fingerprint density at radius 1 is 1.44 bits per heavy atom. The maximum atomic E-state index is 5.65. The van der Waals surface area contributed by atoms with Gasteiger partial charge in [0.1, 0.15) is 5.52 Å². The summed E-state index contributed by atoms with van der Waals surface area (Å²) in [4.78, 5) is 17.5. The molecule has 0 aliphatic heterocycles. The van der Waals surface area contributed by atoms with E-state index in [1.54, 1.807) is 6.33 Å². The molecule has 2 heterocycles. The van der Waals surface area contributed by atoms with Gasteiger partial charge in [-0.15, -0.1) is 0 Å². The van der Waals surface area contributed by atoms with Crippen molar-refractivity contribution in [3.8, 4) is 0 Å². The zero-order valence-electron chi connectivity index (χ0n) is 9.56. The van der Waals surface area contributed by atoms with Crippen molar-refractivity contribution in [1.29, 1.82) is 0 Å². The number of anilines is 2. The molecule has 3 N–H and O–H groups in total. The molecule has 0 aliphatic carbocycles. The van der Waals surface area contributed by atoms with Crippen molar-refractivity contribution >= 4 is 22.9 Å². The normalized spacial score (nSPS) is 10.9. The number of nitrogens with two attached hydrogens (primary N) is 1. The lowest BCUT2D eigenvalue weighted by atomic mass is 10.3. The molecular weight excluding hydrogens is 204 g/mol. The number of fused-ring (bicyclic) bond motifs is 1. The minimum Gasteiger partial charge on any atom is -0.368 e. The first-order valence-electron chi connectivity index (χ1n) is 5.40. The summed E-state index contributed by atoms with van der Waals surface area (Å²) in [6.45, 7) is 3.11. The van der Waals surface area contributed by atoms with Crippen molar-refractivity contribution in [3.63, 3.8) is 0 Å². The third kappa shape index (κ3) is 1.91. The van der Waals surface area contributed by atoms with E-state index in [4.69, 9.17) is 5.73 Å². The maximum absolute atomic E-state index is 5.65. The minimum atomic E-state index is 0.262. The summed E-state index contributed by atoms with van der Waals surface area (Å²) in [7, 11) is 2.00. The van der Waals surface area contributed by atoms with Crippen LogP contribution in [0.1, 0.15) is 19.8 Å². The Balaban J connectivity index is 2.38. The number of hydrogen-bond acceptors (Lipinski definition) is 5. The molecule has 0 radical (unpaired) electrons. The topological polar surface area (TPSA) is 83.7 Å². The lowest BCUT2D eigenvalue weighted by Gasteiger charge is -2.18. The highest BCUT2D eigenvalue weighted by molar-refractivity contribution is 5.83. The fourth-order valence-electron chi connectivity index (χ4n) is 1.61. The van der Waals surface area contributed by atoms with E-state index in [0.717, 1.165) is 30.7 Å². The van der Waals surface area contributed by atoms with Gasteiger partial charge in [0.25, 0.3) is 0 Å². The lowest BCUT2D eigenvalue weighted by molar-refractivity contribution is 0.761. The third-order valence-electron chi connectivity index (χ3n) is 2.49. The zero-order chi connectivity index (χ0) is 11.5. The van der Waals surface area contributed by atoms with Gasteiger partial charge in [-0.25, -0.2) is 4.98 Å². The molecule has 0 fully saturated rings. The Kier molecular flexibility index (Phi) is 2.89. The molecular formula is C10H16N6. The van der Waals surface area contributed by atoms with Gasteiger partial charge < -0.3 is 15.6 Å². The predicted molar refractivity (Wildman–Crippen MR) is 64.3 cm³/mol. The Morgan fingerprint density at radius 2 is 2.25 bits per heavy atom. The van der Waals surface area contributed by atoms with Gasteiger partial charge in [0.15, 0.2) is 11.5 Å². The van der Waals surface area contributed by atoms with Crippen molar-refractivity contribution in [1.82, 2.24) is 19.9 Å². The maximum Gasteiger partial charge on any atom is 0.224 e. The predicted octanol–water partition coefficient (Wildman–Crippen LogP) is 1.17. The van der Waals surface area contributed by atoms with Crippen molar-refractivity contribution in [2.75, 3.05) is 24.2 Å². The Bertz CT molecular complexity index is 477. The van der Waals surface area contributed by atoms with Gasteiger partial charge in [0, 0.05) is 13.6 Å². The molecule has 6 nitrogen and oxygen atoms in total. The number of imidazole rings is 1. The highest BCUT2D eigenvalue weighted by atomic mass is 15.2. The van der Waals surface area contributed by atoms with Crippen LogP contribution in [0.25, 0.3) is 11.2 Å². The summed E-state index contributed by atoms with van der Waals surface area (Å²) in [5.74, 6) is 1.08. The van der Waals surface area contributed by atoms with Crippen LogP contribution >= 0.6 is 0 Å². The Hall–Kier alpha value is -1.85. The van der Waals surface area contributed by atoms with Crippen LogP contribution in [0.5, 0.6) is 0 Å². The number of rotatable bonds is 4. The first-order valence-corrected chi connectivity index (χ1v) is 5.40. The zero-order valence-corrected chi connectivity index (χ0v) is 9.56. The molecule has 0 aliphatic rings. The van der Waals surface area contributed by atoms with E-state index < -0.39 is 0 Å². The average Bonchev–Trinajstić information content (AvgIpc) is 2.72. The number of aromatic nitrogens is 4. The molecule has 0 bridgehead atoms. The molecule has 0 unspecified atom stereocenters. The summed E-state index contributed by atoms with van der Waals surface area (Å²) in [6, 6.07) is 0. The second kappa shape index (κ2) is 4.34. The lowest BCUT2D eigenvalue weighted by Crippen LogP contribution is -2.20.